The molecule has 0 spiro atoms. The van der Waals surface area contributed by atoms with Crippen molar-refractivity contribution in [1.82, 2.24) is 5.32 Å². The highest BCUT2D eigenvalue weighted by molar-refractivity contribution is 5.37. The molecule has 0 saturated carbocycles. The molecule has 128 valence electrons. The molecule has 2 aromatic carbocycles. The van der Waals surface area contributed by atoms with Crippen molar-refractivity contribution in [2.75, 3.05) is 13.2 Å². The van der Waals surface area contributed by atoms with E-state index in [0.717, 1.165) is 13.2 Å². The van der Waals surface area contributed by atoms with Crippen molar-refractivity contribution in [1.29, 1.82) is 0 Å². The molecule has 2 heteroatoms. The highest BCUT2D eigenvalue weighted by Gasteiger charge is 2.36. The van der Waals surface area contributed by atoms with Crippen molar-refractivity contribution in [3.8, 4) is 0 Å². The molecule has 1 aliphatic rings. The molecule has 2 aromatic rings. The molecule has 0 heterocycles. The zero-order valence-corrected chi connectivity index (χ0v) is 14.9. The third-order valence-corrected chi connectivity index (χ3v) is 5.03. The quantitative estimate of drug-likeness (QED) is 0.811. The van der Waals surface area contributed by atoms with Crippen LogP contribution in [0.3, 0.4) is 0 Å². The lowest BCUT2D eigenvalue weighted by Gasteiger charge is -2.40. The minimum absolute atomic E-state index is 0.0912. The summed E-state index contributed by atoms with van der Waals surface area (Å²) in [6.07, 6.45) is 3.63. The molecule has 1 N–H and O–H groups in total. The Kier molecular flexibility index (Phi) is 5.70. The van der Waals surface area contributed by atoms with E-state index in [0.29, 0.717) is 12.6 Å². The molecule has 24 heavy (non-hydrogen) atoms. The van der Waals surface area contributed by atoms with Crippen LogP contribution < -0.4 is 5.32 Å². The van der Waals surface area contributed by atoms with Gasteiger partial charge in [-0.3, -0.25) is 0 Å². The van der Waals surface area contributed by atoms with Gasteiger partial charge in [0.2, 0.25) is 0 Å². The fourth-order valence-electron chi connectivity index (χ4n) is 3.73. The van der Waals surface area contributed by atoms with E-state index < -0.39 is 0 Å². The number of hydrogen-bond donors (Lipinski definition) is 1. The summed E-state index contributed by atoms with van der Waals surface area (Å²) in [5.74, 6) is 0. The Bertz CT molecular complexity index is 637. The standard InChI is InChI=1S/C22H29NO/c1-18(2)23-16-22(17-24-15-19-9-4-3-5-10-19)14-8-12-20-11-6-7-13-21(20)22/h3-7,9-11,13,18,23H,8,12,14-17H2,1-2H3. The summed E-state index contributed by atoms with van der Waals surface area (Å²) in [7, 11) is 0. The predicted molar refractivity (Wildman–Crippen MR) is 100 cm³/mol. The number of ether oxygens (including phenoxy) is 1. The summed E-state index contributed by atoms with van der Waals surface area (Å²) >= 11 is 0. The molecule has 1 atom stereocenters. The smallest absolute Gasteiger partial charge is 0.0717 e. The predicted octanol–water partition coefficient (Wildman–Crippen LogP) is 4.48. The van der Waals surface area contributed by atoms with E-state index in [1.807, 2.05) is 0 Å². The van der Waals surface area contributed by atoms with E-state index in [4.69, 9.17) is 4.74 Å². The summed E-state index contributed by atoms with van der Waals surface area (Å²) in [5, 5.41) is 3.67. The van der Waals surface area contributed by atoms with Crippen molar-refractivity contribution >= 4 is 0 Å². The molecule has 1 aliphatic carbocycles. The Morgan fingerprint density at radius 3 is 2.58 bits per heavy atom. The third kappa shape index (κ3) is 4.06. The van der Waals surface area contributed by atoms with Crippen molar-refractivity contribution in [3.63, 3.8) is 0 Å². The first-order valence-electron chi connectivity index (χ1n) is 9.13. The molecule has 1 unspecified atom stereocenters. The normalized spacial score (nSPS) is 20.1. The zero-order chi connectivity index (χ0) is 16.8. The van der Waals surface area contributed by atoms with Gasteiger partial charge in [0, 0.05) is 18.0 Å². The summed E-state index contributed by atoms with van der Waals surface area (Å²) in [6.45, 7) is 6.88. The fourth-order valence-corrected chi connectivity index (χ4v) is 3.73. The summed E-state index contributed by atoms with van der Waals surface area (Å²) < 4.78 is 6.21. The highest BCUT2D eigenvalue weighted by atomic mass is 16.5. The zero-order valence-electron chi connectivity index (χ0n) is 14.9. The molecule has 0 fully saturated rings. The van der Waals surface area contributed by atoms with Crippen LogP contribution in [-0.2, 0) is 23.2 Å². The average molecular weight is 323 g/mol. The lowest BCUT2D eigenvalue weighted by molar-refractivity contribution is 0.0614. The van der Waals surface area contributed by atoms with Gasteiger partial charge in [-0.1, -0.05) is 68.4 Å². The monoisotopic (exact) mass is 323 g/mol. The van der Waals surface area contributed by atoms with E-state index in [1.165, 1.54) is 36.0 Å². The van der Waals surface area contributed by atoms with Crippen LogP contribution in [0.1, 0.15) is 43.4 Å². The number of hydrogen-bond acceptors (Lipinski definition) is 2. The van der Waals surface area contributed by atoms with E-state index in [-0.39, 0.29) is 5.41 Å². The second-order valence-electron chi connectivity index (χ2n) is 7.31. The minimum Gasteiger partial charge on any atom is -0.376 e. The molecule has 0 amide bonds. The Hall–Kier alpha value is -1.64. The third-order valence-electron chi connectivity index (χ3n) is 5.03. The Balaban J connectivity index is 1.76. The van der Waals surface area contributed by atoms with Gasteiger partial charge < -0.3 is 10.1 Å². The van der Waals surface area contributed by atoms with Crippen LogP contribution in [0, 0.1) is 0 Å². The van der Waals surface area contributed by atoms with Gasteiger partial charge >= 0.3 is 0 Å². The van der Waals surface area contributed by atoms with Crippen molar-refractivity contribution in [2.24, 2.45) is 0 Å². The maximum absolute atomic E-state index is 6.21. The second kappa shape index (κ2) is 7.96. The Morgan fingerprint density at radius 2 is 1.79 bits per heavy atom. The van der Waals surface area contributed by atoms with Crippen LogP contribution in [-0.4, -0.2) is 19.2 Å². The molecule has 0 radical (unpaired) electrons. The number of rotatable bonds is 7. The van der Waals surface area contributed by atoms with Crippen LogP contribution in [0.25, 0.3) is 0 Å². The number of benzene rings is 2. The number of fused-ring (bicyclic) bond motifs is 1. The number of aryl methyl sites for hydroxylation is 1. The van der Waals surface area contributed by atoms with Crippen LogP contribution in [0.2, 0.25) is 0 Å². The van der Waals surface area contributed by atoms with Gasteiger partial charge in [-0.2, -0.15) is 0 Å². The molecule has 3 rings (SSSR count). The second-order valence-corrected chi connectivity index (χ2v) is 7.31. The molecule has 2 nitrogen and oxygen atoms in total. The number of nitrogens with one attached hydrogen (secondary N) is 1. The Morgan fingerprint density at radius 1 is 1.04 bits per heavy atom. The fraction of sp³-hybridized carbons (Fsp3) is 0.455. The van der Waals surface area contributed by atoms with Crippen molar-refractivity contribution < 1.29 is 4.74 Å². The van der Waals surface area contributed by atoms with Crippen molar-refractivity contribution in [2.45, 2.75) is 51.2 Å². The van der Waals surface area contributed by atoms with Gasteiger partial charge in [0.05, 0.1) is 13.2 Å². The van der Waals surface area contributed by atoms with Crippen LogP contribution in [0.15, 0.2) is 54.6 Å². The van der Waals surface area contributed by atoms with E-state index in [2.05, 4.69) is 73.8 Å². The van der Waals surface area contributed by atoms with Gasteiger partial charge in [-0.05, 0) is 36.0 Å². The van der Waals surface area contributed by atoms with Crippen LogP contribution in [0.4, 0.5) is 0 Å². The van der Waals surface area contributed by atoms with Crippen LogP contribution in [0.5, 0.6) is 0 Å². The van der Waals surface area contributed by atoms with Crippen molar-refractivity contribution in [3.05, 3.63) is 71.3 Å². The molecular formula is C22H29NO. The minimum atomic E-state index is 0.0912. The summed E-state index contributed by atoms with van der Waals surface area (Å²) in [5.41, 5.74) is 4.32. The van der Waals surface area contributed by atoms with Gasteiger partial charge in [0.1, 0.15) is 0 Å². The maximum Gasteiger partial charge on any atom is 0.0717 e. The van der Waals surface area contributed by atoms with E-state index >= 15 is 0 Å². The van der Waals surface area contributed by atoms with E-state index in [1.54, 1.807) is 0 Å². The van der Waals surface area contributed by atoms with Gasteiger partial charge in [-0.15, -0.1) is 0 Å². The summed E-state index contributed by atoms with van der Waals surface area (Å²) in [6, 6.07) is 19.9. The first-order valence-corrected chi connectivity index (χ1v) is 9.13. The molecule has 0 aromatic heterocycles. The lowest BCUT2D eigenvalue weighted by Crippen LogP contribution is -2.46. The first-order chi connectivity index (χ1) is 11.7. The Labute approximate surface area is 146 Å². The molecule has 0 aliphatic heterocycles. The first kappa shape index (κ1) is 17.2. The molecular weight excluding hydrogens is 294 g/mol. The molecule has 0 bridgehead atoms. The van der Waals surface area contributed by atoms with Crippen LogP contribution >= 0.6 is 0 Å². The SMILES string of the molecule is CC(C)NCC1(COCc2ccccc2)CCCc2ccccc21. The van der Waals surface area contributed by atoms with E-state index in [9.17, 15) is 0 Å². The van der Waals surface area contributed by atoms with Gasteiger partial charge in [0.25, 0.3) is 0 Å². The largest absolute Gasteiger partial charge is 0.376 e. The highest BCUT2D eigenvalue weighted by Crippen LogP contribution is 2.37. The molecule has 0 saturated heterocycles. The topological polar surface area (TPSA) is 21.3 Å². The lowest BCUT2D eigenvalue weighted by atomic mass is 9.70. The van der Waals surface area contributed by atoms with Gasteiger partial charge in [0.15, 0.2) is 0 Å². The summed E-state index contributed by atoms with van der Waals surface area (Å²) in [4.78, 5) is 0. The maximum atomic E-state index is 6.21. The average Bonchev–Trinajstić information content (AvgIpc) is 2.61. The van der Waals surface area contributed by atoms with Gasteiger partial charge in [-0.25, -0.2) is 0 Å².